The quantitative estimate of drug-likeness (QED) is 0.819. The van der Waals surface area contributed by atoms with Crippen molar-refractivity contribution in [2.24, 2.45) is 0 Å². The second-order valence-corrected chi connectivity index (χ2v) is 7.43. The van der Waals surface area contributed by atoms with Crippen LogP contribution in [0.3, 0.4) is 0 Å². The lowest BCUT2D eigenvalue weighted by Crippen LogP contribution is -2.17. The Morgan fingerprint density at radius 3 is 1.71 bits per heavy atom. The van der Waals surface area contributed by atoms with Crippen LogP contribution in [0.25, 0.3) is 11.5 Å². The lowest BCUT2D eigenvalue weighted by Gasteiger charge is -2.27. The second-order valence-electron chi connectivity index (χ2n) is 7.43. The third-order valence-electron chi connectivity index (χ3n) is 3.46. The Morgan fingerprint density at radius 1 is 0.905 bits per heavy atom. The van der Waals surface area contributed by atoms with Gasteiger partial charge in [0.15, 0.2) is 6.26 Å². The van der Waals surface area contributed by atoms with Crippen LogP contribution in [0.1, 0.15) is 52.7 Å². The van der Waals surface area contributed by atoms with E-state index in [0.717, 1.165) is 16.7 Å². The molecule has 0 aliphatic heterocycles. The summed E-state index contributed by atoms with van der Waals surface area (Å²) in [5.41, 5.74) is 2.00. The van der Waals surface area contributed by atoms with Crippen LogP contribution < -0.4 is 0 Å². The third kappa shape index (κ3) is 3.04. The fourth-order valence-corrected chi connectivity index (χ4v) is 2.30. The predicted octanol–water partition coefficient (Wildman–Crippen LogP) is 4.35. The van der Waals surface area contributed by atoms with E-state index in [1.54, 1.807) is 0 Å². The minimum absolute atomic E-state index is 0.146. The highest BCUT2D eigenvalue weighted by Gasteiger charge is 2.27. The van der Waals surface area contributed by atoms with Gasteiger partial charge < -0.3 is 14.6 Å². The van der Waals surface area contributed by atoms with Crippen LogP contribution >= 0.6 is 0 Å². The molecule has 2 rings (SSSR count). The van der Waals surface area contributed by atoms with Gasteiger partial charge in [-0.25, -0.2) is 0 Å². The average molecular weight is 289 g/mol. The van der Waals surface area contributed by atoms with Gasteiger partial charge in [0.05, 0.1) is 0 Å². The molecule has 2 aromatic rings. The highest BCUT2D eigenvalue weighted by molar-refractivity contribution is 5.63. The molecule has 0 saturated carbocycles. The molecule has 4 nitrogen and oxygen atoms in total. The highest BCUT2D eigenvalue weighted by atomic mass is 16.4. The van der Waals surface area contributed by atoms with Crippen LogP contribution in [-0.2, 0) is 10.8 Å². The number of hydrogen-bond donors (Lipinski definition) is 2. The minimum atomic E-state index is -0.214. The summed E-state index contributed by atoms with van der Waals surface area (Å²) in [6.07, 6.45) is 1.20. The Bertz CT molecular complexity index is 622. The van der Waals surface area contributed by atoms with Crippen molar-refractivity contribution in [3.8, 4) is 23.1 Å². The standard InChI is InChI=1S/C17H23NO3/c1-16(2,3)11-7-10(15-18-13(19)9-21-15)8-12(14(11)20)17(4,5)6/h7-9,19-20H,1-6H3. The Hall–Kier alpha value is -1.97. The van der Waals surface area contributed by atoms with Gasteiger partial charge in [0, 0.05) is 16.7 Å². The summed E-state index contributed by atoms with van der Waals surface area (Å²) in [7, 11) is 0. The smallest absolute Gasteiger partial charge is 0.250 e. The maximum absolute atomic E-state index is 10.6. The van der Waals surface area contributed by atoms with E-state index in [1.165, 1.54) is 6.26 Å². The van der Waals surface area contributed by atoms with Crippen LogP contribution in [0.15, 0.2) is 22.8 Å². The Kier molecular flexibility index (Phi) is 3.52. The number of phenols is 1. The number of nitrogens with zero attached hydrogens (tertiary/aromatic N) is 1. The normalized spacial score (nSPS) is 12.7. The largest absolute Gasteiger partial charge is 0.507 e. The average Bonchev–Trinajstić information content (AvgIpc) is 2.73. The maximum Gasteiger partial charge on any atom is 0.250 e. The molecule has 0 unspecified atom stereocenters. The van der Waals surface area contributed by atoms with Gasteiger partial charge in [-0.3, -0.25) is 0 Å². The molecule has 2 N–H and O–H groups in total. The predicted molar refractivity (Wildman–Crippen MR) is 82.7 cm³/mol. The summed E-state index contributed by atoms with van der Waals surface area (Å²) in [6, 6.07) is 3.74. The molecule has 1 aromatic heterocycles. The topological polar surface area (TPSA) is 66.5 Å². The molecule has 21 heavy (non-hydrogen) atoms. The van der Waals surface area contributed by atoms with Crippen molar-refractivity contribution in [3.63, 3.8) is 0 Å². The molecule has 0 fully saturated rings. The van der Waals surface area contributed by atoms with Crippen LogP contribution in [0, 0.1) is 0 Å². The minimum Gasteiger partial charge on any atom is -0.507 e. The first-order chi connectivity index (χ1) is 9.50. The summed E-state index contributed by atoms with van der Waals surface area (Å²) >= 11 is 0. The van der Waals surface area contributed by atoms with Gasteiger partial charge in [0.2, 0.25) is 5.89 Å². The number of aromatic hydroxyl groups is 2. The van der Waals surface area contributed by atoms with Gasteiger partial charge in [-0.2, -0.15) is 4.98 Å². The van der Waals surface area contributed by atoms with Gasteiger partial charge in [-0.15, -0.1) is 0 Å². The van der Waals surface area contributed by atoms with E-state index in [0.29, 0.717) is 11.6 Å². The first-order valence-corrected chi connectivity index (χ1v) is 7.03. The highest BCUT2D eigenvalue weighted by Crippen LogP contribution is 2.41. The monoisotopic (exact) mass is 289 g/mol. The van der Waals surface area contributed by atoms with Gasteiger partial charge in [-0.1, -0.05) is 41.5 Å². The molecule has 0 saturated heterocycles. The van der Waals surface area contributed by atoms with Gasteiger partial charge in [0.1, 0.15) is 5.75 Å². The molecular formula is C17H23NO3. The van der Waals surface area contributed by atoms with Crippen molar-refractivity contribution < 1.29 is 14.6 Å². The number of hydrogen-bond acceptors (Lipinski definition) is 4. The van der Waals surface area contributed by atoms with Crippen LogP contribution in [0.5, 0.6) is 11.6 Å². The van der Waals surface area contributed by atoms with Gasteiger partial charge in [-0.05, 0) is 23.0 Å². The summed E-state index contributed by atoms with van der Waals surface area (Å²) in [5, 5.41) is 20.0. The van der Waals surface area contributed by atoms with E-state index < -0.39 is 0 Å². The zero-order valence-corrected chi connectivity index (χ0v) is 13.5. The number of oxazole rings is 1. The molecular weight excluding hydrogens is 266 g/mol. The van der Waals surface area contributed by atoms with Crippen molar-refractivity contribution in [2.75, 3.05) is 0 Å². The molecule has 1 heterocycles. The number of aromatic nitrogens is 1. The van der Waals surface area contributed by atoms with Crippen molar-refractivity contribution in [1.82, 2.24) is 4.98 Å². The second kappa shape index (κ2) is 4.79. The molecule has 0 aliphatic carbocycles. The van der Waals surface area contributed by atoms with Gasteiger partial charge in [0.25, 0.3) is 5.88 Å². The zero-order valence-electron chi connectivity index (χ0n) is 13.5. The molecule has 0 aliphatic rings. The summed E-state index contributed by atoms with van der Waals surface area (Å²) < 4.78 is 5.28. The fraction of sp³-hybridized carbons (Fsp3) is 0.471. The van der Waals surface area contributed by atoms with Crippen molar-refractivity contribution in [1.29, 1.82) is 0 Å². The SMILES string of the molecule is CC(C)(C)c1cc(-c2nc(O)co2)cc(C(C)(C)C)c1O. The molecule has 0 amide bonds. The van der Waals surface area contributed by atoms with E-state index in [-0.39, 0.29) is 16.7 Å². The fourth-order valence-electron chi connectivity index (χ4n) is 2.30. The van der Waals surface area contributed by atoms with E-state index >= 15 is 0 Å². The molecule has 1 aromatic carbocycles. The van der Waals surface area contributed by atoms with Crippen LogP contribution in [0.4, 0.5) is 0 Å². The first kappa shape index (κ1) is 15.4. The van der Waals surface area contributed by atoms with Crippen molar-refractivity contribution >= 4 is 0 Å². The molecule has 0 radical (unpaired) electrons. The molecule has 4 heteroatoms. The summed E-state index contributed by atoms with van der Waals surface area (Å²) in [4.78, 5) is 3.96. The molecule has 0 atom stereocenters. The van der Waals surface area contributed by atoms with E-state index in [2.05, 4.69) is 4.98 Å². The first-order valence-electron chi connectivity index (χ1n) is 7.03. The van der Waals surface area contributed by atoms with Gasteiger partial charge >= 0.3 is 0 Å². The molecule has 0 spiro atoms. The van der Waals surface area contributed by atoms with Crippen LogP contribution in [-0.4, -0.2) is 15.2 Å². The van der Waals surface area contributed by atoms with E-state index in [9.17, 15) is 10.2 Å². The number of benzene rings is 1. The molecule has 114 valence electrons. The summed E-state index contributed by atoms with van der Waals surface area (Å²) in [6.45, 7) is 12.3. The zero-order chi connectivity index (χ0) is 16.0. The Balaban J connectivity index is 2.74. The van der Waals surface area contributed by atoms with Crippen LogP contribution in [0.2, 0.25) is 0 Å². The maximum atomic E-state index is 10.6. The Labute approximate surface area is 125 Å². The van der Waals surface area contributed by atoms with E-state index in [1.807, 2.05) is 53.7 Å². The number of phenolic OH excluding ortho intramolecular Hbond substituents is 1. The van der Waals surface area contributed by atoms with Crippen molar-refractivity contribution in [3.05, 3.63) is 29.5 Å². The summed E-state index contributed by atoms with van der Waals surface area (Å²) in [5.74, 6) is 0.519. The Morgan fingerprint density at radius 2 is 1.38 bits per heavy atom. The molecule has 0 bridgehead atoms. The van der Waals surface area contributed by atoms with E-state index in [4.69, 9.17) is 4.42 Å². The third-order valence-corrected chi connectivity index (χ3v) is 3.46. The van der Waals surface area contributed by atoms with Crippen molar-refractivity contribution in [2.45, 2.75) is 52.4 Å². The number of rotatable bonds is 1. The lowest BCUT2D eigenvalue weighted by molar-refractivity contribution is 0.423. The lowest BCUT2D eigenvalue weighted by atomic mass is 9.78.